The first-order chi connectivity index (χ1) is 11.4. The summed E-state index contributed by atoms with van der Waals surface area (Å²) in [4.78, 5) is 2.00. The molecule has 4 rings (SSSR count). The maximum Gasteiger partial charge on any atom is 0.453 e. The number of benzene rings is 1. The van der Waals surface area contributed by atoms with Gasteiger partial charge in [-0.15, -0.1) is 15.3 Å². The highest BCUT2D eigenvalue weighted by atomic mass is 19.4. The Morgan fingerprint density at radius 2 is 1.88 bits per heavy atom. The molecule has 1 unspecified atom stereocenters. The van der Waals surface area contributed by atoms with Gasteiger partial charge in [0.15, 0.2) is 5.65 Å². The van der Waals surface area contributed by atoms with Crippen molar-refractivity contribution in [3.63, 3.8) is 0 Å². The van der Waals surface area contributed by atoms with Gasteiger partial charge in [-0.05, 0) is 36.6 Å². The van der Waals surface area contributed by atoms with Gasteiger partial charge in [-0.2, -0.15) is 17.7 Å². The number of alkyl halides is 3. The second kappa shape index (κ2) is 5.19. The molecule has 3 heterocycles. The van der Waals surface area contributed by atoms with E-state index in [9.17, 15) is 13.2 Å². The maximum atomic E-state index is 13.0. The third-order valence-electron chi connectivity index (χ3n) is 4.39. The topological polar surface area (TPSA) is 46.3 Å². The Morgan fingerprint density at radius 1 is 1.08 bits per heavy atom. The molecule has 5 nitrogen and oxygen atoms in total. The highest BCUT2D eigenvalue weighted by Crippen LogP contribution is 2.33. The molecule has 0 radical (unpaired) electrons. The van der Waals surface area contributed by atoms with Crippen LogP contribution in [0, 0.1) is 0 Å². The zero-order valence-electron chi connectivity index (χ0n) is 12.8. The van der Waals surface area contributed by atoms with Crippen molar-refractivity contribution in [3.8, 4) is 0 Å². The van der Waals surface area contributed by atoms with Gasteiger partial charge in [0.2, 0.25) is 0 Å². The second-order valence-electron chi connectivity index (χ2n) is 5.80. The first kappa shape index (κ1) is 14.9. The van der Waals surface area contributed by atoms with Crippen LogP contribution in [-0.4, -0.2) is 26.4 Å². The molecular formula is C16H14F3N5. The lowest BCUT2D eigenvalue weighted by atomic mass is 9.94. The van der Waals surface area contributed by atoms with E-state index in [0.29, 0.717) is 12.4 Å². The molecule has 1 aliphatic heterocycles. The van der Waals surface area contributed by atoms with Crippen LogP contribution in [0.4, 0.5) is 19.0 Å². The minimum absolute atomic E-state index is 0.0331. The number of anilines is 1. The van der Waals surface area contributed by atoms with Crippen LogP contribution in [0.2, 0.25) is 0 Å². The molecule has 0 saturated heterocycles. The summed E-state index contributed by atoms with van der Waals surface area (Å²) in [7, 11) is 0. The Labute approximate surface area is 135 Å². The molecule has 0 spiro atoms. The van der Waals surface area contributed by atoms with Crippen molar-refractivity contribution in [2.45, 2.75) is 25.6 Å². The number of hydrogen-bond donors (Lipinski definition) is 0. The Balaban J connectivity index is 1.77. The van der Waals surface area contributed by atoms with Gasteiger partial charge >= 0.3 is 6.18 Å². The number of fused-ring (bicyclic) bond motifs is 2. The standard InChI is InChI=1S/C16H14F3N5/c1-10-12-5-3-2-4-11(12)8-9-23(10)14-7-6-13-20-21-15(16(17,18)19)24(13)22-14/h2-7,10H,8-9H2,1H3. The van der Waals surface area contributed by atoms with Crippen LogP contribution in [0.5, 0.6) is 0 Å². The molecule has 0 aliphatic carbocycles. The largest absolute Gasteiger partial charge is 0.453 e. The smallest absolute Gasteiger partial charge is 0.348 e. The fraction of sp³-hybridized carbons (Fsp3) is 0.312. The number of halogens is 3. The second-order valence-corrected chi connectivity index (χ2v) is 5.80. The summed E-state index contributed by atoms with van der Waals surface area (Å²) in [5, 5.41) is 10.9. The van der Waals surface area contributed by atoms with Gasteiger partial charge in [0.05, 0.1) is 6.04 Å². The summed E-state index contributed by atoms with van der Waals surface area (Å²) in [6, 6.07) is 11.3. The molecule has 0 saturated carbocycles. The van der Waals surface area contributed by atoms with Gasteiger partial charge in [-0.25, -0.2) is 0 Å². The highest BCUT2D eigenvalue weighted by Gasteiger charge is 2.38. The Bertz CT molecular complexity index is 902. The summed E-state index contributed by atoms with van der Waals surface area (Å²) in [5.41, 5.74) is 2.52. The molecule has 0 fully saturated rings. The minimum atomic E-state index is -4.59. The normalized spacial score (nSPS) is 18.0. The molecular weight excluding hydrogens is 319 g/mol. The summed E-state index contributed by atoms with van der Waals surface area (Å²) >= 11 is 0. The van der Waals surface area contributed by atoms with Gasteiger partial charge in [-0.3, -0.25) is 0 Å². The van der Waals surface area contributed by atoms with Crippen LogP contribution in [0.15, 0.2) is 36.4 Å². The zero-order chi connectivity index (χ0) is 16.9. The van der Waals surface area contributed by atoms with Gasteiger partial charge < -0.3 is 4.90 Å². The molecule has 0 amide bonds. The molecule has 1 atom stereocenters. The van der Waals surface area contributed by atoms with Crippen LogP contribution in [0.1, 0.15) is 29.9 Å². The van der Waals surface area contributed by atoms with Gasteiger partial charge in [0.1, 0.15) is 5.82 Å². The maximum absolute atomic E-state index is 13.0. The summed E-state index contributed by atoms with van der Waals surface area (Å²) in [6.45, 7) is 2.72. The van der Waals surface area contributed by atoms with E-state index < -0.39 is 12.0 Å². The monoisotopic (exact) mass is 333 g/mol. The van der Waals surface area contributed by atoms with E-state index in [4.69, 9.17) is 0 Å². The fourth-order valence-electron chi connectivity index (χ4n) is 3.19. The lowest BCUT2D eigenvalue weighted by Gasteiger charge is -2.36. The van der Waals surface area contributed by atoms with Crippen LogP contribution in [-0.2, 0) is 12.6 Å². The van der Waals surface area contributed by atoms with Gasteiger partial charge in [-0.1, -0.05) is 24.3 Å². The van der Waals surface area contributed by atoms with E-state index in [0.717, 1.165) is 10.9 Å². The summed E-state index contributed by atoms with van der Waals surface area (Å²) < 4.78 is 39.8. The quantitative estimate of drug-likeness (QED) is 0.686. The van der Waals surface area contributed by atoms with Crippen molar-refractivity contribution in [2.24, 2.45) is 0 Å². The molecule has 8 heteroatoms. The van der Waals surface area contributed by atoms with Crippen molar-refractivity contribution in [1.82, 2.24) is 19.8 Å². The van der Waals surface area contributed by atoms with Crippen molar-refractivity contribution in [2.75, 3.05) is 11.4 Å². The fourth-order valence-corrected chi connectivity index (χ4v) is 3.19. The highest BCUT2D eigenvalue weighted by molar-refractivity contribution is 5.50. The first-order valence-corrected chi connectivity index (χ1v) is 7.59. The molecule has 3 aromatic rings. The van der Waals surface area contributed by atoms with E-state index >= 15 is 0 Å². The van der Waals surface area contributed by atoms with Crippen LogP contribution < -0.4 is 4.90 Å². The van der Waals surface area contributed by atoms with Crippen molar-refractivity contribution in [3.05, 3.63) is 53.3 Å². The molecule has 1 aromatic carbocycles. The third-order valence-corrected chi connectivity index (χ3v) is 4.39. The van der Waals surface area contributed by atoms with Crippen molar-refractivity contribution >= 4 is 11.5 Å². The SMILES string of the molecule is CC1c2ccccc2CCN1c1ccc2nnc(C(F)(F)F)n2n1. The molecule has 24 heavy (non-hydrogen) atoms. The van der Waals surface area contributed by atoms with E-state index in [1.807, 2.05) is 30.0 Å². The van der Waals surface area contributed by atoms with Crippen molar-refractivity contribution in [1.29, 1.82) is 0 Å². The zero-order valence-corrected chi connectivity index (χ0v) is 12.8. The Hall–Kier alpha value is -2.64. The lowest BCUT2D eigenvalue weighted by molar-refractivity contribution is -0.146. The number of hydrogen-bond acceptors (Lipinski definition) is 4. The molecule has 2 aromatic heterocycles. The van der Waals surface area contributed by atoms with Crippen molar-refractivity contribution < 1.29 is 13.2 Å². The third kappa shape index (κ3) is 2.29. The van der Waals surface area contributed by atoms with Crippen LogP contribution in [0.3, 0.4) is 0 Å². The average Bonchev–Trinajstić information content (AvgIpc) is 2.99. The van der Waals surface area contributed by atoms with E-state index in [1.165, 1.54) is 17.2 Å². The number of nitrogens with zero attached hydrogens (tertiary/aromatic N) is 5. The Kier molecular flexibility index (Phi) is 3.22. The lowest BCUT2D eigenvalue weighted by Crippen LogP contribution is -2.34. The van der Waals surface area contributed by atoms with Gasteiger partial charge in [0.25, 0.3) is 5.82 Å². The van der Waals surface area contributed by atoms with Crippen LogP contribution >= 0.6 is 0 Å². The summed E-state index contributed by atoms with van der Waals surface area (Å²) in [6.07, 6.45) is -3.76. The number of aromatic nitrogens is 4. The molecule has 0 N–H and O–H groups in total. The minimum Gasteiger partial charge on any atom is -0.348 e. The predicted octanol–water partition coefficient (Wildman–Crippen LogP) is 3.27. The summed E-state index contributed by atoms with van der Waals surface area (Å²) in [5.74, 6) is -0.626. The van der Waals surface area contributed by atoms with Gasteiger partial charge in [0, 0.05) is 6.54 Å². The molecule has 1 aliphatic rings. The van der Waals surface area contributed by atoms with E-state index in [-0.39, 0.29) is 11.7 Å². The van der Waals surface area contributed by atoms with E-state index in [1.54, 1.807) is 6.07 Å². The first-order valence-electron chi connectivity index (χ1n) is 7.59. The predicted molar refractivity (Wildman–Crippen MR) is 81.7 cm³/mol. The van der Waals surface area contributed by atoms with E-state index in [2.05, 4.69) is 21.4 Å². The Morgan fingerprint density at radius 3 is 2.67 bits per heavy atom. The average molecular weight is 333 g/mol. The van der Waals surface area contributed by atoms with Crippen LogP contribution in [0.25, 0.3) is 5.65 Å². The molecule has 124 valence electrons. The number of rotatable bonds is 1. The molecule has 0 bridgehead atoms.